The summed E-state index contributed by atoms with van der Waals surface area (Å²) in [5.41, 5.74) is 0. The molecule has 0 amide bonds. The van der Waals surface area contributed by atoms with Crippen molar-refractivity contribution < 1.29 is 26.3 Å². The van der Waals surface area contributed by atoms with Crippen LogP contribution < -0.4 is 0 Å². The summed E-state index contributed by atoms with van der Waals surface area (Å²) in [5, 5.41) is 0. The molecule has 7 heteroatoms. The van der Waals surface area contributed by atoms with Crippen molar-refractivity contribution in [2.24, 2.45) is 0 Å². The quantitative estimate of drug-likeness (QED) is 0.509. The zero-order chi connectivity index (χ0) is 10.7. The van der Waals surface area contributed by atoms with Crippen LogP contribution in [0.5, 0.6) is 0 Å². The van der Waals surface area contributed by atoms with Crippen LogP contribution in [0.4, 0.5) is 26.3 Å². The van der Waals surface area contributed by atoms with Crippen LogP contribution in [-0.4, -0.2) is 30.8 Å². The average molecular weight is 226 g/mol. The molecule has 0 aromatic carbocycles. The van der Waals surface area contributed by atoms with Gasteiger partial charge in [0.1, 0.15) is 0 Å². The van der Waals surface area contributed by atoms with Gasteiger partial charge in [0.15, 0.2) is 0 Å². The number of rotatable bonds is 3. The molecule has 0 fully saturated rings. The predicted octanol–water partition coefficient (Wildman–Crippen LogP) is 3.61. The van der Waals surface area contributed by atoms with Crippen molar-refractivity contribution in [3.63, 3.8) is 0 Å². The molecule has 0 aromatic heterocycles. The molecule has 13 heavy (non-hydrogen) atoms. The third-order valence-corrected chi connectivity index (χ3v) is 3.76. The highest BCUT2D eigenvalue weighted by molar-refractivity contribution is 7.57. The fourth-order valence-corrected chi connectivity index (χ4v) is 2.36. The molecule has 0 atom stereocenters. The van der Waals surface area contributed by atoms with Crippen LogP contribution in [-0.2, 0) is 0 Å². The molecule has 0 aliphatic carbocycles. The Morgan fingerprint density at radius 1 is 0.846 bits per heavy atom. The first kappa shape index (κ1) is 13.0. The van der Waals surface area contributed by atoms with Crippen molar-refractivity contribution in [2.75, 3.05) is 18.5 Å². The lowest BCUT2D eigenvalue weighted by Gasteiger charge is -2.18. The number of alkyl halides is 6. The summed E-state index contributed by atoms with van der Waals surface area (Å²) in [6.07, 6.45) is -11.6. The zero-order valence-corrected chi connectivity index (χ0v) is 7.73. The van der Waals surface area contributed by atoms with E-state index in [2.05, 4.69) is 0 Å². The van der Waals surface area contributed by atoms with Gasteiger partial charge in [0, 0.05) is 0 Å². The molecule has 0 saturated heterocycles. The molecule has 0 N–H and O–H groups in total. The van der Waals surface area contributed by atoms with Gasteiger partial charge >= 0.3 is 12.4 Å². The molecule has 0 heterocycles. The Morgan fingerprint density at radius 3 is 1.31 bits per heavy atom. The van der Waals surface area contributed by atoms with Gasteiger partial charge in [-0.2, -0.15) is 26.3 Å². The van der Waals surface area contributed by atoms with Crippen molar-refractivity contribution in [3.8, 4) is 0 Å². The van der Waals surface area contributed by atoms with Crippen LogP contribution >= 0.6 is 7.92 Å². The van der Waals surface area contributed by atoms with Gasteiger partial charge < -0.3 is 0 Å². The van der Waals surface area contributed by atoms with Crippen LogP contribution in [0.15, 0.2) is 0 Å². The third kappa shape index (κ3) is 8.34. The smallest absolute Gasteiger partial charge is 0.171 e. The molecule has 0 saturated carbocycles. The Labute approximate surface area is 73.1 Å². The van der Waals surface area contributed by atoms with E-state index in [-0.39, 0.29) is 6.16 Å². The minimum atomic E-state index is -4.48. The lowest BCUT2D eigenvalue weighted by atomic mass is 10.8. The van der Waals surface area contributed by atoms with Crippen LogP contribution in [0.1, 0.15) is 6.92 Å². The van der Waals surface area contributed by atoms with Crippen molar-refractivity contribution >= 4 is 7.92 Å². The standard InChI is InChI=1S/C6H9F6P/c1-2-13(3-5(7,8)9)4-6(10,11)12/h2-4H2,1H3. The van der Waals surface area contributed by atoms with Crippen molar-refractivity contribution in [1.29, 1.82) is 0 Å². The molecular formula is C6H9F6P. The topological polar surface area (TPSA) is 0 Å². The maximum atomic E-state index is 11.7. The van der Waals surface area contributed by atoms with E-state index in [9.17, 15) is 26.3 Å². The van der Waals surface area contributed by atoms with Crippen LogP contribution in [0.3, 0.4) is 0 Å². The van der Waals surface area contributed by atoms with E-state index in [4.69, 9.17) is 0 Å². The Balaban J connectivity index is 4.05. The highest BCUT2D eigenvalue weighted by Gasteiger charge is 2.37. The fourth-order valence-electron chi connectivity index (χ4n) is 0.787. The fraction of sp³-hybridized carbons (Fsp3) is 1.00. The molecule has 0 aliphatic heterocycles. The largest absolute Gasteiger partial charge is 0.392 e. The summed E-state index contributed by atoms with van der Waals surface area (Å²) in [4.78, 5) is 0. The summed E-state index contributed by atoms with van der Waals surface area (Å²) in [6, 6.07) is 0. The first-order valence-electron chi connectivity index (χ1n) is 3.50. The molecule has 0 rings (SSSR count). The molecule has 80 valence electrons. The van der Waals surface area contributed by atoms with Gasteiger partial charge in [-0.25, -0.2) is 0 Å². The molecule has 0 nitrogen and oxygen atoms in total. The number of hydrogen-bond donors (Lipinski definition) is 0. The summed E-state index contributed by atoms with van der Waals surface area (Å²) in [5.74, 6) is 0. The molecule has 0 unspecified atom stereocenters. The predicted molar refractivity (Wildman–Crippen MR) is 39.3 cm³/mol. The lowest BCUT2D eigenvalue weighted by Crippen LogP contribution is -2.20. The summed E-state index contributed by atoms with van der Waals surface area (Å²) >= 11 is 0. The van der Waals surface area contributed by atoms with E-state index >= 15 is 0 Å². The van der Waals surface area contributed by atoms with E-state index in [1.165, 1.54) is 6.92 Å². The Bertz CT molecular complexity index is 132. The van der Waals surface area contributed by atoms with Crippen molar-refractivity contribution in [3.05, 3.63) is 0 Å². The maximum Gasteiger partial charge on any atom is 0.392 e. The van der Waals surface area contributed by atoms with Gasteiger partial charge in [-0.1, -0.05) is 14.8 Å². The Kier molecular flexibility index (Phi) is 4.49. The SMILES string of the molecule is CCP(CC(F)(F)F)CC(F)(F)F. The third-order valence-electron chi connectivity index (χ3n) is 1.25. The van der Waals surface area contributed by atoms with Gasteiger partial charge in [-0.05, 0) is 6.16 Å². The monoisotopic (exact) mass is 226 g/mol. The van der Waals surface area contributed by atoms with Crippen molar-refractivity contribution in [1.82, 2.24) is 0 Å². The second-order valence-electron chi connectivity index (χ2n) is 2.53. The molecule has 0 aliphatic rings. The van der Waals surface area contributed by atoms with Crippen LogP contribution in [0.2, 0.25) is 0 Å². The van der Waals surface area contributed by atoms with Gasteiger partial charge in [-0.15, -0.1) is 0 Å². The van der Waals surface area contributed by atoms with Gasteiger partial charge in [0.2, 0.25) is 0 Å². The second-order valence-corrected chi connectivity index (χ2v) is 5.14. The lowest BCUT2D eigenvalue weighted by molar-refractivity contribution is -0.111. The number of halogens is 6. The normalized spacial score (nSPS) is 13.8. The summed E-state index contributed by atoms with van der Waals surface area (Å²) in [6.45, 7) is 1.35. The van der Waals surface area contributed by atoms with E-state index in [0.29, 0.717) is 0 Å². The van der Waals surface area contributed by atoms with Crippen LogP contribution in [0.25, 0.3) is 0 Å². The highest BCUT2D eigenvalue weighted by Crippen LogP contribution is 2.45. The molecule has 0 spiro atoms. The minimum absolute atomic E-state index is 0.0473. The van der Waals surface area contributed by atoms with Crippen LogP contribution in [0, 0.1) is 0 Å². The van der Waals surface area contributed by atoms with E-state index in [1.54, 1.807) is 0 Å². The minimum Gasteiger partial charge on any atom is -0.171 e. The number of hydrogen-bond acceptors (Lipinski definition) is 0. The molecule has 0 aromatic rings. The molecular weight excluding hydrogens is 217 g/mol. The van der Waals surface area contributed by atoms with Gasteiger partial charge in [-0.3, -0.25) is 0 Å². The second kappa shape index (κ2) is 4.49. The van der Waals surface area contributed by atoms with E-state index in [1.807, 2.05) is 0 Å². The van der Waals surface area contributed by atoms with Gasteiger partial charge in [0.05, 0.1) is 12.3 Å². The first-order chi connectivity index (χ1) is 5.64. The summed E-state index contributed by atoms with van der Waals surface area (Å²) < 4.78 is 70.3. The van der Waals surface area contributed by atoms with E-state index in [0.717, 1.165) is 0 Å². The summed E-state index contributed by atoms with van der Waals surface area (Å²) in [7, 11) is -1.98. The maximum absolute atomic E-state index is 11.7. The highest BCUT2D eigenvalue weighted by atomic mass is 31.1. The first-order valence-corrected chi connectivity index (χ1v) is 5.39. The molecule has 0 radical (unpaired) electrons. The van der Waals surface area contributed by atoms with Gasteiger partial charge in [0.25, 0.3) is 0 Å². The van der Waals surface area contributed by atoms with Crippen molar-refractivity contribution in [2.45, 2.75) is 19.3 Å². The molecule has 0 bridgehead atoms. The average Bonchev–Trinajstić information content (AvgIpc) is 1.79. The Morgan fingerprint density at radius 2 is 1.15 bits per heavy atom. The zero-order valence-electron chi connectivity index (χ0n) is 6.84. The Hall–Kier alpha value is 0.01000. The van der Waals surface area contributed by atoms with E-state index < -0.39 is 32.6 Å².